The van der Waals surface area contributed by atoms with Crippen LogP contribution in [0.1, 0.15) is 24.0 Å². The van der Waals surface area contributed by atoms with Crippen molar-refractivity contribution in [3.8, 4) is 0 Å². The average Bonchev–Trinajstić information content (AvgIpc) is 2.62. The molecular weight excluding hydrogens is 354 g/mol. The Balaban J connectivity index is 0.00000338. The van der Waals surface area contributed by atoms with Gasteiger partial charge in [-0.05, 0) is 36.8 Å². The molecule has 0 radical (unpaired) electrons. The van der Waals surface area contributed by atoms with Crippen molar-refractivity contribution in [2.45, 2.75) is 31.7 Å². The summed E-state index contributed by atoms with van der Waals surface area (Å²) in [6.45, 7) is 0.578. The molecule has 0 bridgehead atoms. The zero-order chi connectivity index (χ0) is 18.1. The van der Waals surface area contributed by atoms with Crippen LogP contribution in [0, 0.1) is 10.1 Å². The summed E-state index contributed by atoms with van der Waals surface area (Å²) in [7, 11) is 0. The molecule has 0 saturated heterocycles. The Hall–Kier alpha value is -2.44. The molecule has 1 atom stereocenters. The number of hydrogen-bond donors (Lipinski definition) is 2. The maximum absolute atomic E-state index is 12.0. The van der Waals surface area contributed by atoms with Gasteiger partial charge < -0.3 is 11.1 Å². The smallest absolute Gasteiger partial charge is 0.269 e. The van der Waals surface area contributed by atoms with E-state index in [9.17, 15) is 14.9 Å². The molecule has 0 aliphatic heterocycles. The molecule has 1 amide bonds. The van der Waals surface area contributed by atoms with E-state index in [4.69, 9.17) is 5.73 Å². The third-order valence-corrected chi connectivity index (χ3v) is 3.97. The predicted octanol–water partition coefficient (Wildman–Crippen LogP) is 3.03. The summed E-state index contributed by atoms with van der Waals surface area (Å²) in [5, 5.41) is 13.5. The van der Waals surface area contributed by atoms with Gasteiger partial charge >= 0.3 is 0 Å². The van der Waals surface area contributed by atoms with Crippen molar-refractivity contribution in [3.63, 3.8) is 0 Å². The lowest BCUT2D eigenvalue weighted by Crippen LogP contribution is -2.42. The quantitative estimate of drug-likeness (QED) is 0.398. The van der Waals surface area contributed by atoms with Gasteiger partial charge in [-0.3, -0.25) is 14.9 Å². The number of nitro benzene ring substituents is 1. The van der Waals surface area contributed by atoms with E-state index in [0.29, 0.717) is 13.0 Å². The van der Waals surface area contributed by atoms with Gasteiger partial charge in [0.05, 0.1) is 11.0 Å². The minimum absolute atomic E-state index is 0. The standard InChI is InChI=1S/C19H23N3O3.ClH/c20-18(14-16-7-2-1-3-8-16)19(23)21-13-5-4-6-15-9-11-17(12-10-15)22(24)25;/h1-3,7-12,18H,4-6,13-14,20H2,(H,21,23);1H/t18-;/m0./s1. The Morgan fingerprint density at radius 1 is 1.04 bits per heavy atom. The Labute approximate surface area is 159 Å². The van der Waals surface area contributed by atoms with Crippen molar-refractivity contribution in [2.75, 3.05) is 6.54 Å². The number of unbranched alkanes of at least 4 members (excludes halogenated alkanes) is 1. The molecule has 140 valence electrons. The van der Waals surface area contributed by atoms with Crippen LogP contribution in [0.5, 0.6) is 0 Å². The summed E-state index contributed by atoms with van der Waals surface area (Å²) in [4.78, 5) is 22.2. The van der Waals surface area contributed by atoms with E-state index in [-0.39, 0.29) is 24.0 Å². The van der Waals surface area contributed by atoms with E-state index in [2.05, 4.69) is 5.32 Å². The van der Waals surface area contributed by atoms with Gasteiger partial charge in [-0.15, -0.1) is 12.4 Å². The summed E-state index contributed by atoms with van der Waals surface area (Å²) < 4.78 is 0. The van der Waals surface area contributed by atoms with Crippen LogP contribution in [0.3, 0.4) is 0 Å². The summed E-state index contributed by atoms with van der Waals surface area (Å²) in [6, 6.07) is 15.7. The normalized spacial score (nSPS) is 11.3. The maximum Gasteiger partial charge on any atom is 0.269 e. The fourth-order valence-corrected chi connectivity index (χ4v) is 2.54. The molecular formula is C19H24ClN3O3. The van der Waals surface area contributed by atoms with Gasteiger partial charge in [0.2, 0.25) is 5.91 Å². The first-order valence-corrected chi connectivity index (χ1v) is 8.37. The largest absolute Gasteiger partial charge is 0.355 e. The number of halogens is 1. The van der Waals surface area contributed by atoms with E-state index in [1.807, 2.05) is 30.3 Å². The number of nitrogens with two attached hydrogens (primary N) is 1. The van der Waals surface area contributed by atoms with Crippen LogP contribution < -0.4 is 11.1 Å². The van der Waals surface area contributed by atoms with Crippen LogP contribution in [0.4, 0.5) is 5.69 Å². The molecule has 0 saturated carbocycles. The Morgan fingerprint density at radius 3 is 2.31 bits per heavy atom. The number of nitrogens with zero attached hydrogens (tertiary/aromatic N) is 1. The Morgan fingerprint density at radius 2 is 1.69 bits per heavy atom. The van der Waals surface area contributed by atoms with Gasteiger partial charge in [0, 0.05) is 18.7 Å². The molecule has 0 aromatic heterocycles. The molecule has 7 heteroatoms. The Bertz CT molecular complexity index is 693. The van der Waals surface area contributed by atoms with E-state index in [0.717, 1.165) is 30.4 Å². The van der Waals surface area contributed by atoms with Crippen LogP contribution in [-0.4, -0.2) is 23.4 Å². The number of nitrogens with one attached hydrogen (secondary N) is 1. The summed E-state index contributed by atoms with van der Waals surface area (Å²) in [5.41, 5.74) is 8.13. The number of carbonyl (C=O) groups is 1. The molecule has 0 unspecified atom stereocenters. The summed E-state index contributed by atoms with van der Waals surface area (Å²) in [5.74, 6) is -0.140. The lowest BCUT2D eigenvalue weighted by molar-refractivity contribution is -0.384. The van der Waals surface area contributed by atoms with E-state index < -0.39 is 11.0 Å². The number of rotatable bonds is 9. The van der Waals surface area contributed by atoms with Crippen LogP contribution in [0.25, 0.3) is 0 Å². The molecule has 0 fully saturated rings. The SMILES string of the molecule is Cl.N[C@@H](Cc1ccccc1)C(=O)NCCCCc1ccc([N+](=O)[O-])cc1. The predicted molar refractivity (Wildman–Crippen MR) is 104 cm³/mol. The highest BCUT2D eigenvalue weighted by Crippen LogP contribution is 2.13. The highest BCUT2D eigenvalue weighted by Gasteiger charge is 2.13. The highest BCUT2D eigenvalue weighted by atomic mass is 35.5. The average molecular weight is 378 g/mol. The molecule has 2 aromatic rings. The molecule has 0 heterocycles. The van der Waals surface area contributed by atoms with Crippen molar-refractivity contribution in [2.24, 2.45) is 5.73 Å². The lowest BCUT2D eigenvalue weighted by Gasteiger charge is -2.12. The van der Waals surface area contributed by atoms with Crippen LogP contribution in [0.15, 0.2) is 54.6 Å². The lowest BCUT2D eigenvalue weighted by atomic mass is 10.1. The summed E-state index contributed by atoms with van der Waals surface area (Å²) >= 11 is 0. The van der Waals surface area contributed by atoms with Crippen LogP contribution in [-0.2, 0) is 17.6 Å². The third kappa shape index (κ3) is 7.21. The minimum atomic E-state index is -0.544. The topological polar surface area (TPSA) is 98.3 Å². The molecule has 26 heavy (non-hydrogen) atoms. The molecule has 0 aliphatic rings. The van der Waals surface area contributed by atoms with Crippen molar-refractivity contribution < 1.29 is 9.72 Å². The number of aryl methyl sites for hydroxylation is 1. The van der Waals surface area contributed by atoms with E-state index in [1.54, 1.807) is 12.1 Å². The first kappa shape index (κ1) is 21.6. The number of carbonyl (C=O) groups excluding carboxylic acids is 1. The van der Waals surface area contributed by atoms with E-state index in [1.165, 1.54) is 12.1 Å². The van der Waals surface area contributed by atoms with Gasteiger partial charge in [-0.25, -0.2) is 0 Å². The molecule has 0 aliphatic carbocycles. The first-order chi connectivity index (χ1) is 12.1. The monoisotopic (exact) mass is 377 g/mol. The number of amides is 1. The fraction of sp³-hybridized carbons (Fsp3) is 0.316. The van der Waals surface area contributed by atoms with Crippen LogP contribution in [0.2, 0.25) is 0 Å². The van der Waals surface area contributed by atoms with Crippen molar-refractivity contribution in [3.05, 3.63) is 75.8 Å². The van der Waals surface area contributed by atoms with Crippen molar-refractivity contribution >= 4 is 24.0 Å². The number of nitro groups is 1. The fourth-order valence-electron chi connectivity index (χ4n) is 2.54. The zero-order valence-corrected chi connectivity index (χ0v) is 15.3. The molecule has 6 nitrogen and oxygen atoms in total. The highest BCUT2D eigenvalue weighted by molar-refractivity contribution is 5.85. The number of hydrogen-bond acceptors (Lipinski definition) is 4. The Kier molecular flexibility index (Phi) is 9.33. The van der Waals surface area contributed by atoms with Gasteiger partial charge in [0.25, 0.3) is 5.69 Å². The van der Waals surface area contributed by atoms with E-state index >= 15 is 0 Å². The second-order valence-corrected chi connectivity index (χ2v) is 5.97. The second kappa shape index (κ2) is 11.2. The zero-order valence-electron chi connectivity index (χ0n) is 14.5. The maximum atomic E-state index is 12.0. The van der Waals surface area contributed by atoms with Gasteiger partial charge in [0.1, 0.15) is 0 Å². The van der Waals surface area contributed by atoms with Crippen LogP contribution >= 0.6 is 12.4 Å². The number of non-ortho nitro benzene ring substituents is 1. The van der Waals surface area contributed by atoms with Crippen molar-refractivity contribution in [1.82, 2.24) is 5.32 Å². The van der Waals surface area contributed by atoms with Gasteiger partial charge in [-0.2, -0.15) is 0 Å². The third-order valence-electron chi connectivity index (χ3n) is 3.97. The van der Waals surface area contributed by atoms with Crippen molar-refractivity contribution in [1.29, 1.82) is 0 Å². The molecule has 2 aromatic carbocycles. The van der Waals surface area contributed by atoms with Gasteiger partial charge in [0.15, 0.2) is 0 Å². The molecule has 2 rings (SSSR count). The number of benzene rings is 2. The summed E-state index contributed by atoms with van der Waals surface area (Å²) in [6.07, 6.45) is 3.08. The minimum Gasteiger partial charge on any atom is -0.355 e. The molecule has 3 N–H and O–H groups in total. The van der Waals surface area contributed by atoms with Gasteiger partial charge in [-0.1, -0.05) is 42.5 Å². The first-order valence-electron chi connectivity index (χ1n) is 8.37. The molecule has 0 spiro atoms. The second-order valence-electron chi connectivity index (χ2n) is 5.97.